The standard InChI is InChI=1S/3C12H16N4.2C12H15N3.C11H14N4.C10H14ClNO.C10H14ClN.C9H12FN/c1-9-5-10(16-7-13-14-8-16)6-11(15-9)12(2,3)4;1-9-7-10(16-13-5-6-14-16)8-11(15-9)12(2,3)4;1-9-5-6-10(16-13-7-8-14-16)11(15-9)12(2,3)4;1-12(2,3)10-5-4-6-11(7-10)15-8-13-14-9-15;1-12(2,3)10-5-4-6-11(9-10)15-13-7-8-14-15;1-11(2,3)10-9(5-4-6-12-10)15-13-7-8-14-15;1-10(2,3)7-5-6-12-9(13-4)8(7)11;1-7-5-12-6-8(11)9(7)10(2,3)4;1-9(2,3)7-4-5-11-8(10)6-7/h3*5-8H,1-4H3;2*4-9H,1-3H3;4-8H,1-3H3;5-6H,1-4H3;5-6H,1-4H3;4-6H,1-3H3. The van der Waals surface area contributed by atoms with Crippen molar-refractivity contribution in [1.29, 1.82) is 0 Å². The second-order valence-electron chi connectivity index (χ2n) is 40.1. The number of nitrogens with zero attached hydrogens (tertiary/aromatic N) is 25. The molecule has 0 saturated carbocycles. The van der Waals surface area contributed by atoms with Crippen LogP contribution in [0.3, 0.4) is 0 Å². The van der Waals surface area contributed by atoms with E-state index < -0.39 is 5.95 Å². The molecule has 15 rings (SSSR count). The van der Waals surface area contributed by atoms with Crippen molar-refractivity contribution in [3.63, 3.8) is 0 Å². The molecule has 0 fully saturated rings. The number of methoxy groups -OCH3 is 1. The SMILES string of the molecule is CC(C)(C)c1cccc(-n2cnnc2)c1.CC(C)(C)c1cccc(-n2nccn2)c1.CC(C)(C)c1ccnc(F)c1.CC(C)(C)c1ncccc1-n1nccn1.COc1nccc(C(C)(C)C)c1Cl.Cc1cc(-n2cnnc2)cc(C(C)(C)C)n1.Cc1cc(-n2nccn2)cc(C(C)(C)C)n1.Cc1ccc(-n2nccn2)c(C(C)(C)C)n1.Cc1cncc(Cl)c1C(C)(C)C. The average Bonchev–Trinajstić information content (AvgIpc) is 1.80. The zero-order valence-electron chi connectivity index (χ0n) is 81.5. The van der Waals surface area contributed by atoms with E-state index in [1.807, 2.05) is 131 Å². The molecular formula is C100H132Cl2FN25O. The van der Waals surface area contributed by atoms with Crippen molar-refractivity contribution in [3.8, 4) is 40.0 Å². The van der Waals surface area contributed by atoms with Gasteiger partial charge < -0.3 is 4.74 Å². The molecule has 129 heavy (non-hydrogen) atoms. The van der Waals surface area contributed by atoms with Gasteiger partial charge in [0.2, 0.25) is 11.8 Å². The van der Waals surface area contributed by atoms with Gasteiger partial charge in [-0.05, 0) is 179 Å². The van der Waals surface area contributed by atoms with Crippen LogP contribution in [0.5, 0.6) is 5.88 Å². The molecule has 0 radical (unpaired) electrons. The molecule has 0 saturated heterocycles. The number of benzene rings is 2. The zero-order valence-corrected chi connectivity index (χ0v) is 83.0. The minimum Gasteiger partial charge on any atom is -0.480 e. The largest absolute Gasteiger partial charge is 0.480 e. The Balaban J connectivity index is 0.000000199. The van der Waals surface area contributed by atoms with Gasteiger partial charge in [0.1, 0.15) is 41.7 Å². The summed E-state index contributed by atoms with van der Waals surface area (Å²) in [4.78, 5) is 36.1. The molecule has 0 aliphatic carbocycles. The topological polar surface area (TPSA) is 284 Å². The van der Waals surface area contributed by atoms with Gasteiger partial charge in [-0.2, -0.15) is 54.8 Å². The lowest BCUT2D eigenvalue weighted by atomic mass is 9.85. The summed E-state index contributed by atoms with van der Waals surface area (Å²) in [6.45, 7) is 65.9. The Hall–Kier alpha value is -12.4. The fraction of sp³-hybridized carbons (Fsp3) is 0.410. The maximum absolute atomic E-state index is 12.6. The van der Waals surface area contributed by atoms with Gasteiger partial charge in [-0.15, -0.1) is 30.0 Å². The lowest BCUT2D eigenvalue weighted by Gasteiger charge is -2.22. The first-order valence-corrected chi connectivity index (χ1v) is 43.5. The molecule has 684 valence electrons. The Morgan fingerprint density at radius 3 is 1.16 bits per heavy atom. The van der Waals surface area contributed by atoms with Gasteiger partial charge in [0.25, 0.3) is 0 Å². The zero-order chi connectivity index (χ0) is 95.8. The summed E-state index contributed by atoms with van der Waals surface area (Å²) in [5, 5.41) is 49.7. The molecule has 0 spiro atoms. The molecule has 29 heteroatoms. The van der Waals surface area contributed by atoms with E-state index in [-0.39, 0.29) is 48.7 Å². The molecule has 0 amide bonds. The second kappa shape index (κ2) is 44.6. The number of halogens is 3. The molecule has 0 N–H and O–H groups in total. The van der Waals surface area contributed by atoms with Crippen LogP contribution in [0.1, 0.15) is 260 Å². The lowest BCUT2D eigenvalue weighted by Crippen LogP contribution is -2.19. The summed E-state index contributed by atoms with van der Waals surface area (Å²) >= 11 is 12.2. The number of pyridine rings is 7. The summed E-state index contributed by atoms with van der Waals surface area (Å²) in [5.74, 6) is 0.0894. The van der Waals surface area contributed by atoms with Crippen molar-refractivity contribution < 1.29 is 9.13 Å². The highest BCUT2D eigenvalue weighted by atomic mass is 35.5. The predicted octanol–water partition coefficient (Wildman–Crippen LogP) is 22.8. The van der Waals surface area contributed by atoms with Crippen LogP contribution in [-0.4, -0.2) is 132 Å². The van der Waals surface area contributed by atoms with Crippen LogP contribution >= 0.6 is 23.2 Å². The normalized spacial score (nSPS) is 11.7. The Labute approximate surface area is 772 Å². The highest BCUT2D eigenvalue weighted by Crippen LogP contribution is 2.36. The summed E-state index contributed by atoms with van der Waals surface area (Å²) in [5.41, 5.74) is 20.7. The second-order valence-corrected chi connectivity index (χ2v) is 40.9. The molecule has 0 unspecified atom stereocenters. The van der Waals surface area contributed by atoms with Crippen molar-refractivity contribution in [2.24, 2.45) is 0 Å². The van der Waals surface area contributed by atoms with Gasteiger partial charge in [0.05, 0.1) is 90.2 Å². The van der Waals surface area contributed by atoms with Gasteiger partial charge in [0.15, 0.2) is 0 Å². The number of hydrogen-bond donors (Lipinski definition) is 0. The van der Waals surface area contributed by atoms with Crippen molar-refractivity contribution in [2.75, 3.05) is 7.11 Å². The predicted molar refractivity (Wildman–Crippen MR) is 516 cm³/mol. The maximum atomic E-state index is 12.6. The Morgan fingerprint density at radius 2 is 0.744 bits per heavy atom. The number of aromatic nitrogens is 25. The molecule has 0 aliphatic heterocycles. The quantitative estimate of drug-likeness (QED) is 0.134. The number of rotatable bonds is 7. The number of aryl methyl sites for hydroxylation is 4. The third-order valence-electron chi connectivity index (χ3n) is 19.3. The van der Waals surface area contributed by atoms with E-state index in [1.54, 1.807) is 120 Å². The van der Waals surface area contributed by atoms with Gasteiger partial charge in [-0.25, -0.2) is 9.97 Å². The molecular weight excluding hydrogens is 1660 g/mol. The Morgan fingerprint density at radius 1 is 0.326 bits per heavy atom. The van der Waals surface area contributed by atoms with E-state index in [0.29, 0.717) is 10.9 Å². The van der Waals surface area contributed by atoms with Crippen LogP contribution in [0.25, 0.3) is 34.1 Å². The highest BCUT2D eigenvalue weighted by Gasteiger charge is 2.26. The van der Waals surface area contributed by atoms with E-state index in [1.165, 1.54) is 29.0 Å². The van der Waals surface area contributed by atoms with Crippen molar-refractivity contribution in [3.05, 3.63) is 310 Å². The van der Waals surface area contributed by atoms with Crippen molar-refractivity contribution in [1.82, 2.24) is 124 Å². The molecule has 0 aliphatic rings. The van der Waals surface area contributed by atoms with Crippen LogP contribution in [0.15, 0.2) is 221 Å². The van der Waals surface area contributed by atoms with Crippen LogP contribution in [0, 0.1) is 33.6 Å². The number of ether oxygens (including phenoxy) is 1. The van der Waals surface area contributed by atoms with Crippen molar-refractivity contribution in [2.45, 2.75) is 263 Å². The van der Waals surface area contributed by atoms with Crippen LogP contribution in [-0.2, 0) is 48.7 Å². The molecule has 15 aromatic rings. The van der Waals surface area contributed by atoms with Gasteiger partial charge in [-0.1, -0.05) is 234 Å². The van der Waals surface area contributed by atoms with Gasteiger partial charge >= 0.3 is 0 Å². The van der Waals surface area contributed by atoms with E-state index in [2.05, 4.69) is 305 Å². The third-order valence-corrected chi connectivity index (χ3v) is 20.0. The monoisotopic (exact) mass is 1790 g/mol. The van der Waals surface area contributed by atoms with Crippen LogP contribution < -0.4 is 4.74 Å². The van der Waals surface area contributed by atoms with E-state index in [0.717, 1.165) is 95.7 Å². The van der Waals surface area contributed by atoms with Gasteiger partial charge in [0, 0.05) is 86.8 Å². The molecule has 26 nitrogen and oxygen atoms in total. The summed E-state index contributed by atoms with van der Waals surface area (Å²) < 4.78 is 21.4. The molecule has 0 bridgehead atoms. The van der Waals surface area contributed by atoms with E-state index >= 15 is 0 Å². The smallest absolute Gasteiger partial charge is 0.232 e. The molecule has 13 aromatic heterocycles. The minimum atomic E-state index is -0.405. The average molecular weight is 1790 g/mol. The summed E-state index contributed by atoms with van der Waals surface area (Å²) in [7, 11) is 1.57. The fourth-order valence-corrected chi connectivity index (χ4v) is 13.5. The first kappa shape index (κ1) is 104. The maximum Gasteiger partial charge on any atom is 0.232 e. The molecule has 0 atom stereocenters. The van der Waals surface area contributed by atoms with Crippen LogP contribution in [0.2, 0.25) is 10.0 Å². The third kappa shape index (κ3) is 32.1. The lowest BCUT2D eigenvalue weighted by molar-refractivity contribution is 0.396. The Kier molecular flexibility index (Phi) is 35.8. The first-order valence-electron chi connectivity index (χ1n) is 42.8. The van der Waals surface area contributed by atoms with Gasteiger partial charge in [-0.3, -0.25) is 34.1 Å². The fourth-order valence-electron chi connectivity index (χ4n) is 12.5. The van der Waals surface area contributed by atoms with Crippen molar-refractivity contribution >= 4 is 23.2 Å². The first-order chi connectivity index (χ1) is 60.0. The molecule has 2 aromatic carbocycles. The van der Waals surface area contributed by atoms with E-state index in [4.69, 9.17) is 27.9 Å². The summed E-state index contributed by atoms with van der Waals surface area (Å²) in [6.07, 6.45) is 28.8. The summed E-state index contributed by atoms with van der Waals surface area (Å²) in [6, 6.07) is 38.0. The highest BCUT2D eigenvalue weighted by molar-refractivity contribution is 6.32. The molecule has 13 heterocycles. The van der Waals surface area contributed by atoms with Crippen LogP contribution in [0.4, 0.5) is 4.39 Å². The Bertz CT molecular complexity index is 5690. The van der Waals surface area contributed by atoms with E-state index in [9.17, 15) is 4.39 Å². The minimum absolute atomic E-state index is 0.00375. The number of hydrogen-bond acceptors (Lipinski definition) is 20.